The van der Waals surface area contributed by atoms with Crippen LogP contribution in [0.4, 0.5) is 0 Å². The van der Waals surface area contributed by atoms with Crippen molar-refractivity contribution in [3.8, 4) is 0 Å². The Morgan fingerprint density at radius 2 is 1.86 bits per heavy atom. The first-order chi connectivity index (χ1) is 13.8. The maximum absolute atomic E-state index is 12.7. The van der Waals surface area contributed by atoms with Crippen molar-refractivity contribution in [1.82, 2.24) is 9.21 Å². The molecule has 1 fully saturated rings. The minimum Gasteiger partial charge on any atom is -0.378 e. The number of thiophene rings is 1. The molecule has 29 heavy (non-hydrogen) atoms. The number of hydrogen-bond donors (Lipinski definition) is 0. The smallest absolute Gasteiger partial charge is 0.252 e. The first-order valence-corrected chi connectivity index (χ1v) is 13.1. The number of likely N-dealkylation sites (N-methyl/N-ethyl adjacent to an activating group) is 1. The Bertz CT molecular complexity index is 715. The Kier molecular flexibility index (Phi) is 10.6. The first kappa shape index (κ1) is 24.8. The molecule has 0 saturated heterocycles. The van der Waals surface area contributed by atoms with Crippen molar-refractivity contribution < 1.29 is 13.2 Å². The molecule has 1 aliphatic rings. The Labute approximate surface area is 185 Å². The Balaban J connectivity index is 1.61. The second-order valence-electron chi connectivity index (χ2n) is 7.85. The molecule has 1 saturated carbocycles. The summed E-state index contributed by atoms with van der Waals surface area (Å²) >= 11 is 7.02. The fourth-order valence-corrected chi connectivity index (χ4v) is 6.83. The van der Waals surface area contributed by atoms with Gasteiger partial charge in [0.2, 0.25) is 0 Å². The summed E-state index contributed by atoms with van der Waals surface area (Å²) in [6.45, 7) is 6.63. The molecule has 0 aliphatic heterocycles. The van der Waals surface area contributed by atoms with Crippen LogP contribution in [0, 0.1) is 0 Å². The highest BCUT2D eigenvalue weighted by atomic mass is 35.5. The van der Waals surface area contributed by atoms with E-state index in [4.69, 9.17) is 16.3 Å². The summed E-state index contributed by atoms with van der Waals surface area (Å²) in [4.78, 5) is 2.28. The van der Waals surface area contributed by atoms with Gasteiger partial charge in [-0.25, -0.2) is 8.42 Å². The maximum Gasteiger partial charge on any atom is 0.252 e. The second kappa shape index (κ2) is 12.4. The van der Waals surface area contributed by atoms with Gasteiger partial charge in [0.1, 0.15) is 4.21 Å². The lowest BCUT2D eigenvalue weighted by molar-refractivity contribution is 0.0156. The minimum absolute atomic E-state index is 0.0354. The van der Waals surface area contributed by atoms with E-state index in [9.17, 15) is 8.42 Å². The molecular formula is C21H35ClN2O3S2. The van der Waals surface area contributed by atoms with Gasteiger partial charge in [0.15, 0.2) is 0 Å². The summed E-state index contributed by atoms with van der Waals surface area (Å²) in [6, 6.07) is 3.26. The molecule has 0 N–H and O–H groups in total. The monoisotopic (exact) mass is 462 g/mol. The minimum atomic E-state index is -3.46. The molecule has 1 aliphatic carbocycles. The van der Waals surface area contributed by atoms with Crippen LogP contribution in [0.1, 0.15) is 51.4 Å². The third-order valence-electron chi connectivity index (χ3n) is 5.57. The van der Waals surface area contributed by atoms with E-state index in [0.717, 1.165) is 63.1 Å². The fraction of sp³-hybridized carbons (Fsp3) is 0.714. The molecule has 0 unspecified atom stereocenters. The zero-order valence-corrected chi connectivity index (χ0v) is 20.1. The molecule has 8 heteroatoms. The van der Waals surface area contributed by atoms with Crippen LogP contribution < -0.4 is 0 Å². The van der Waals surface area contributed by atoms with Gasteiger partial charge in [-0.15, -0.1) is 17.9 Å². The Morgan fingerprint density at radius 3 is 2.48 bits per heavy atom. The SMILES string of the molecule is C=CCN(C)CCCCCCOC1CCC(N(C)S(=O)(=O)c2ccc(Cl)s2)CC1. The van der Waals surface area contributed by atoms with E-state index in [2.05, 4.69) is 18.5 Å². The third kappa shape index (κ3) is 7.96. The molecule has 0 spiro atoms. The van der Waals surface area contributed by atoms with Crippen LogP contribution in [-0.2, 0) is 14.8 Å². The number of nitrogens with zero attached hydrogens (tertiary/aromatic N) is 2. The molecule has 0 amide bonds. The number of rotatable bonds is 13. The van der Waals surface area contributed by atoms with E-state index in [1.165, 1.54) is 23.6 Å². The summed E-state index contributed by atoms with van der Waals surface area (Å²) in [5, 5.41) is 0. The summed E-state index contributed by atoms with van der Waals surface area (Å²) in [7, 11) is 0.349. The third-order valence-corrected chi connectivity index (χ3v) is 9.18. The fourth-order valence-electron chi connectivity index (χ4n) is 3.75. The second-order valence-corrected chi connectivity index (χ2v) is 11.8. The summed E-state index contributed by atoms with van der Waals surface area (Å²) in [5.41, 5.74) is 0. The van der Waals surface area contributed by atoms with Gasteiger partial charge in [-0.05, 0) is 64.3 Å². The molecule has 1 heterocycles. The predicted octanol–water partition coefficient (Wildman–Crippen LogP) is 5.03. The molecule has 1 aromatic rings. The molecule has 0 bridgehead atoms. The summed E-state index contributed by atoms with van der Waals surface area (Å²) in [5.74, 6) is 0. The number of ether oxygens (including phenoxy) is 1. The highest BCUT2D eigenvalue weighted by Crippen LogP contribution is 2.32. The average Bonchev–Trinajstić information content (AvgIpc) is 3.14. The number of sulfonamides is 1. The van der Waals surface area contributed by atoms with E-state index in [1.54, 1.807) is 19.2 Å². The molecule has 1 aromatic heterocycles. The van der Waals surface area contributed by atoms with E-state index in [0.29, 0.717) is 8.55 Å². The van der Waals surface area contributed by atoms with Gasteiger partial charge in [0.25, 0.3) is 10.0 Å². The van der Waals surface area contributed by atoms with Gasteiger partial charge in [0.05, 0.1) is 10.4 Å². The van der Waals surface area contributed by atoms with Crippen molar-refractivity contribution in [2.45, 2.75) is 67.7 Å². The lowest BCUT2D eigenvalue weighted by Gasteiger charge is -2.33. The van der Waals surface area contributed by atoms with Gasteiger partial charge in [-0.1, -0.05) is 30.5 Å². The van der Waals surface area contributed by atoms with Gasteiger partial charge in [0, 0.05) is 26.2 Å². The number of halogens is 1. The highest BCUT2D eigenvalue weighted by Gasteiger charge is 2.32. The van der Waals surface area contributed by atoms with E-state index >= 15 is 0 Å². The zero-order valence-electron chi connectivity index (χ0n) is 17.7. The largest absolute Gasteiger partial charge is 0.378 e. The van der Waals surface area contributed by atoms with E-state index in [-0.39, 0.29) is 12.1 Å². The van der Waals surface area contributed by atoms with Crippen molar-refractivity contribution in [2.24, 2.45) is 0 Å². The zero-order chi connectivity index (χ0) is 21.3. The molecule has 2 rings (SSSR count). The molecule has 0 radical (unpaired) electrons. The van der Waals surface area contributed by atoms with Crippen molar-refractivity contribution in [3.63, 3.8) is 0 Å². The van der Waals surface area contributed by atoms with Gasteiger partial charge < -0.3 is 9.64 Å². The number of hydrogen-bond acceptors (Lipinski definition) is 5. The lowest BCUT2D eigenvalue weighted by Crippen LogP contribution is -2.40. The molecule has 166 valence electrons. The Hall–Kier alpha value is -0.440. The van der Waals surface area contributed by atoms with Crippen molar-refractivity contribution >= 4 is 33.0 Å². The predicted molar refractivity (Wildman–Crippen MR) is 122 cm³/mol. The van der Waals surface area contributed by atoms with Crippen LogP contribution in [-0.4, -0.2) is 63.6 Å². The summed E-state index contributed by atoms with van der Waals surface area (Å²) < 4.78 is 33.9. The van der Waals surface area contributed by atoms with Crippen molar-refractivity contribution in [3.05, 3.63) is 29.1 Å². The van der Waals surface area contributed by atoms with Crippen LogP contribution in [0.2, 0.25) is 4.34 Å². The van der Waals surface area contributed by atoms with Crippen LogP contribution in [0.25, 0.3) is 0 Å². The molecule has 0 aromatic carbocycles. The van der Waals surface area contributed by atoms with Crippen molar-refractivity contribution in [1.29, 1.82) is 0 Å². The van der Waals surface area contributed by atoms with Crippen LogP contribution >= 0.6 is 22.9 Å². The standard InChI is InChI=1S/C21H35ClN2O3S2/c1-4-15-23(2)16-7-5-6-8-17-27-19-11-9-18(10-12-19)24(3)29(25,26)21-14-13-20(22)28-21/h4,13-14,18-19H,1,5-12,15-17H2,2-3H3. The van der Waals surface area contributed by atoms with Crippen LogP contribution in [0.5, 0.6) is 0 Å². The first-order valence-electron chi connectivity index (χ1n) is 10.5. The molecule has 5 nitrogen and oxygen atoms in total. The van der Waals surface area contributed by atoms with Crippen LogP contribution in [0.15, 0.2) is 29.0 Å². The highest BCUT2D eigenvalue weighted by molar-refractivity contribution is 7.91. The molecule has 0 atom stereocenters. The van der Waals surface area contributed by atoms with Gasteiger partial charge >= 0.3 is 0 Å². The topological polar surface area (TPSA) is 49.9 Å². The van der Waals surface area contributed by atoms with E-state index < -0.39 is 10.0 Å². The van der Waals surface area contributed by atoms with Crippen LogP contribution in [0.3, 0.4) is 0 Å². The van der Waals surface area contributed by atoms with Gasteiger partial charge in [-0.3, -0.25) is 0 Å². The molecular weight excluding hydrogens is 428 g/mol. The van der Waals surface area contributed by atoms with Gasteiger partial charge in [-0.2, -0.15) is 4.31 Å². The maximum atomic E-state index is 12.7. The average molecular weight is 463 g/mol. The van der Waals surface area contributed by atoms with E-state index in [1.807, 2.05) is 6.08 Å². The quantitative estimate of drug-likeness (QED) is 0.305. The Morgan fingerprint density at radius 1 is 1.17 bits per heavy atom. The normalized spacial score (nSPS) is 20.4. The van der Waals surface area contributed by atoms with Crippen molar-refractivity contribution in [2.75, 3.05) is 33.8 Å². The number of unbranched alkanes of at least 4 members (excludes halogenated alkanes) is 3. The summed E-state index contributed by atoms with van der Waals surface area (Å²) in [6.07, 6.45) is 10.5. The lowest BCUT2D eigenvalue weighted by atomic mass is 9.93.